The molecule has 0 saturated heterocycles. The van der Waals surface area contributed by atoms with Crippen LogP contribution in [0.25, 0.3) is 0 Å². The fourth-order valence-electron chi connectivity index (χ4n) is 2.27. The van der Waals surface area contributed by atoms with Crippen molar-refractivity contribution < 1.29 is 0 Å². The lowest BCUT2D eigenvalue weighted by Crippen LogP contribution is -2.38. The van der Waals surface area contributed by atoms with Crippen LogP contribution in [0.2, 0.25) is 0 Å². The number of thiocarbonyl (C=S) groups is 1. The molecule has 4 heteroatoms. The Balaban J connectivity index is 1.88. The lowest BCUT2D eigenvalue weighted by molar-refractivity contribution is 0.415. The Bertz CT molecular complexity index is 458. The molecule has 2 rings (SSSR count). The van der Waals surface area contributed by atoms with Gasteiger partial charge in [-0.2, -0.15) is 5.26 Å². The second-order valence-electron chi connectivity index (χ2n) is 4.63. The number of nitriles is 1. The Morgan fingerprint density at radius 2 is 2.06 bits per heavy atom. The average Bonchev–Trinajstić information content (AvgIpc) is 2.40. The molecule has 0 aliphatic heterocycles. The molecule has 2 N–H and O–H groups in total. The van der Waals surface area contributed by atoms with Gasteiger partial charge in [-0.05, 0) is 43.3 Å². The van der Waals surface area contributed by atoms with Gasteiger partial charge in [0.2, 0.25) is 0 Å². The predicted molar refractivity (Wildman–Crippen MR) is 77.4 cm³/mol. The molecule has 1 aromatic carbocycles. The molecule has 1 aromatic rings. The van der Waals surface area contributed by atoms with Gasteiger partial charge in [0.15, 0.2) is 5.11 Å². The zero-order valence-corrected chi connectivity index (χ0v) is 11.1. The molecule has 1 aliphatic carbocycles. The molecule has 3 nitrogen and oxygen atoms in total. The van der Waals surface area contributed by atoms with Crippen LogP contribution in [0.5, 0.6) is 0 Å². The number of nitrogens with one attached hydrogen (secondary N) is 2. The lowest BCUT2D eigenvalue weighted by atomic mass is 9.96. The van der Waals surface area contributed by atoms with Crippen LogP contribution in [-0.4, -0.2) is 11.2 Å². The van der Waals surface area contributed by atoms with Gasteiger partial charge in [-0.1, -0.05) is 25.3 Å². The number of benzene rings is 1. The summed E-state index contributed by atoms with van der Waals surface area (Å²) in [5.41, 5.74) is 1.50. The first-order valence-corrected chi connectivity index (χ1v) is 6.76. The third-order valence-electron chi connectivity index (χ3n) is 3.19. The van der Waals surface area contributed by atoms with Gasteiger partial charge in [0, 0.05) is 11.7 Å². The topological polar surface area (TPSA) is 47.9 Å². The van der Waals surface area contributed by atoms with Gasteiger partial charge in [0.25, 0.3) is 0 Å². The molecule has 1 fully saturated rings. The van der Waals surface area contributed by atoms with E-state index in [4.69, 9.17) is 17.5 Å². The van der Waals surface area contributed by atoms with Crippen molar-refractivity contribution in [3.63, 3.8) is 0 Å². The van der Waals surface area contributed by atoms with Crippen molar-refractivity contribution in [1.29, 1.82) is 5.26 Å². The van der Waals surface area contributed by atoms with Crippen LogP contribution in [0, 0.1) is 11.3 Å². The van der Waals surface area contributed by atoms with Gasteiger partial charge in [-0.15, -0.1) is 0 Å². The van der Waals surface area contributed by atoms with Gasteiger partial charge < -0.3 is 10.6 Å². The Kier molecular flexibility index (Phi) is 4.54. The van der Waals surface area contributed by atoms with Crippen LogP contribution in [0.15, 0.2) is 24.3 Å². The maximum absolute atomic E-state index is 8.83. The summed E-state index contributed by atoms with van der Waals surface area (Å²) in [5.74, 6) is 0. The summed E-state index contributed by atoms with van der Waals surface area (Å²) in [6.45, 7) is 0. The number of nitrogens with zero attached hydrogens (tertiary/aromatic N) is 1. The molecule has 1 aliphatic rings. The van der Waals surface area contributed by atoms with Crippen molar-refractivity contribution in [1.82, 2.24) is 5.32 Å². The molecule has 1 saturated carbocycles. The van der Waals surface area contributed by atoms with Crippen molar-refractivity contribution in [3.05, 3.63) is 29.8 Å². The fourth-order valence-corrected chi connectivity index (χ4v) is 2.55. The normalized spacial score (nSPS) is 15.7. The van der Waals surface area contributed by atoms with E-state index < -0.39 is 0 Å². The van der Waals surface area contributed by atoms with Gasteiger partial charge >= 0.3 is 0 Å². The highest BCUT2D eigenvalue weighted by Crippen LogP contribution is 2.17. The summed E-state index contributed by atoms with van der Waals surface area (Å²) in [5, 5.41) is 16.0. The molecule has 94 valence electrons. The minimum Gasteiger partial charge on any atom is -0.360 e. The maximum Gasteiger partial charge on any atom is 0.170 e. The minimum absolute atomic E-state index is 0.498. The van der Waals surface area contributed by atoms with E-state index in [-0.39, 0.29) is 0 Å². The van der Waals surface area contributed by atoms with E-state index in [2.05, 4.69) is 16.7 Å². The van der Waals surface area contributed by atoms with E-state index in [1.807, 2.05) is 12.1 Å². The first kappa shape index (κ1) is 12.8. The summed E-state index contributed by atoms with van der Waals surface area (Å²) in [6, 6.07) is 9.96. The molecular formula is C14H17N3S. The molecule has 0 spiro atoms. The Morgan fingerprint density at radius 3 is 2.78 bits per heavy atom. The SMILES string of the molecule is N#Cc1cccc(NC(=S)NC2CCCCC2)c1. The van der Waals surface area contributed by atoms with Gasteiger partial charge in [-0.25, -0.2) is 0 Å². The molecule has 0 aromatic heterocycles. The number of anilines is 1. The van der Waals surface area contributed by atoms with Gasteiger partial charge in [0.1, 0.15) is 0 Å². The first-order chi connectivity index (χ1) is 8.78. The summed E-state index contributed by atoms with van der Waals surface area (Å²) in [4.78, 5) is 0. The standard InChI is InChI=1S/C14H17N3S/c15-10-11-5-4-8-13(9-11)17-14(18)16-12-6-2-1-3-7-12/h4-5,8-9,12H,1-3,6-7H2,(H2,16,17,18). The zero-order chi connectivity index (χ0) is 12.8. The van der Waals surface area contributed by atoms with E-state index in [0.717, 1.165) is 5.69 Å². The Hall–Kier alpha value is -1.60. The maximum atomic E-state index is 8.83. The minimum atomic E-state index is 0.498. The molecular weight excluding hydrogens is 242 g/mol. The van der Waals surface area contributed by atoms with Crippen LogP contribution in [0.3, 0.4) is 0 Å². The number of rotatable bonds is 2. The van der Waals surface area contributed by atoms with E-state index >= 15 is 0 Å². The third-order valence-corrected chi connectivity index (χ3v) is 3.41. The highest BCUT2D eigenvalue weighted by Gasteiger charge is 2.13. The molecule has 18 heavy (non-hydrogen) atoms. The second kappa shape index (κ2) is 6.36. The monoisotopic (exact) mass is 259 g/mol. The van der Waals surface area contributed by atoms with E-state index in [0.29, 0.717) is 16.7 Å². The van der Waals surface area contributed by atoms with Crippen LogP contribution in [0.1, 0.15) is 37.7 Å². The van der Waals surface area contributed by atoms with Crippen LogP contribution in [0.4, 0.5) is 5.69 Å². The molecule has 0 bridgehead atoms. The second-order valence-corrected chi connectivity index (χ2v) is 5.03. The van der Waals surface area contributed by atoms with Crippen molar-refractivity contribution in [2.45, 2.75) is 38.1 Å². The zero-order valence-electron chi connectivity index (χ0n) is 10.3. The summed E-state index contributed by atoms with van der Waals surface area (Å²) in [7, 11) is 0. The summed E-state index contributed by atoms with van der Waals surface area (Å²) < 4.78 is 0. The number of hydrogen-bond acceptors (Lipinski definition) is 2. The summed E-state index contributed by atoms with van der Waals surface area (Å²) >= 11 is 5.29. The first-order valence-electron chi connectivity index (χ1n) is 6.35. The van der Waals surface area contributed by atoms with Crippen LogP contribution < -0.4 is 10.6 Å². The highest BCUT2D eigenvalue weighted by molar-refractivity contribution is 7.80. The number of hydrogen-bond donors (Lipinski definition) is 2. The Morgan fingerprint density at radius 1 is 1.28 bits per heavy atom. The van der Waals surface area contributed by atoms with Gasteiger partial charge in [-0.3, -0.25) is 0 Å². The molecule has 0 heterocycles. The lowest BCUT2D eigenvalue weighted by Gasteiger charge is -2.24. The van der Waals surface area contributed by atoms with Crippen LogP contribution >= 0.6 is 12.2 Å². The molecule has 0 amide bonds. The van der Waals surface area contributed by atoms with Crippen molar-refractivity contribution in [2.75, 3.05) is 5.32 Å². The van der Waals surface area contributed by atoms with Crippen molar-refractivity contribution in [3.8, 4) is 6.07 Å². The largest absolute Gasteiger partial charge is 0.360 e. The Labute approximate surface area is 113 Å². The quantitative estimate of drug-likeness (QED) is 0.801. The highest BCUT2D eigenvalue weighted by atomic mass is 32.1. The van der Waals surface area contributed by atoms with E-state index in [9.17, 15) is 0 Å². The molecule has 0 atom stereocenters. The van der Waals surface area contributed by atoms with Crippen LogP contribution in [-0.2, 0) is 0 Å². The fraction of sp³-hybridized carbons (Fsp3) is 0.429. The van der Waals surface area contributed by atoms with E-state index in [1.165, 1.54) is 32.1 Å². The summed E-state index contributed by atoms with van der Waals surface area (Å²) in [6.07, 6.45) is 6.29. The molecule has 0 radical (unpaired) electrons. The third kappa shape index (κ3) is 3.71. The van der Waals surface area contributed by atoms with E-state index in [1.54, 1.807) is 12.1 Å². The van der Waals surface area contributed by atoms with Crippen molar-refractivity contribution in [2.24, 2.45) is 0 Å². The smallest absolute Gasteiger partial charge is 0.170 e. The molecule has 0 unspecified atom stereocenters. The van der Waals surface area contributed by atoms with Crippen molar-refractivity contribution >= 4 is 23.0 Å². The predicted octanol–water partition coefficient (Wildman–Crippen LogP) is 3.18. The average molecular weight is 259 g/mol. The van der Waals surface area contributed by atoms with Gasteiger partial charge in [0.05, 0.1) is 11.6 Å².